The van der Waals surface area contributed by atoms with Gasteiger partial charge in [-0.3, -0.25) is 9.97 Å². The summed E-state index contributed by atoms with van der Waals surface area (Å²) in [6.45, 7) is 4.33. The normalized spacial score (nSPS) is 17.9. The van der Waals surface area contributed by atoms with Crippen molar-refractivity contribution in [2.45, 2.75) is 37.5 Å². The third kappa shape index (κ3) is 9.08. The Hall–Kier alpha value is -5.24. The molecule has 4 N–H and O–H groups in total. The lowest BCUT2D eigenvalue weighted by Gasteiger charge is -2.36. The molecular weight excluding hydrogens is 819 g/mol. The average Bonchev–Trinajstić information content (AvgIpc) is 3.31. The number of methoxy groups -OCH3 is 2. The van der Waals surface area contributed by atoms with Crippen LogP contribution in [-0.4, -0.2) is 67.5 Å². The predicted octanol–water partition coefficient (Wildman–Crippen LogP) is 8.45. The number of piperidine rings is 2. The Kier molecular flexibility index (Phi) is 13.4. The van der Waals surface area contributed by atoms with E-state index < -0.39 is 7.12 Å². The highest BCUT2D eigenvalue weighted by Gasteiger charge is 2.37. The molecule has 4 aliphatic heterocycles. The number of aromatic nitrogens is 2. The average molecular weight is 870 g/mol. The van der Waals surface area contributed by atoms with Crippen molar-refractivity contribution >= 4 is 28.5 Å². The van der Waals surface area contributed by atoms with Crippen molar-refractivity contribution in [3.8, 4) is 45.6 Å². The molecule has 2 atom stereocenters. The largest absolute Gasteiger partial charge is 0.493 e. The van der Waals surface area contributed by atoms with E-state index in [1.54, 1.807) is 38.7 Å². The summed E-state index contributed by atoms with van der Waals surface area (Å²) in [4.78, 5) is 7.94. The van der Waals surface area contributed by atoms with E-state index in [-0.39, 0.29) is 0 Å². The van der Waals surface area contributed by atoms with Crippen LogP contribution in [0, 0.1) is 11.8 Å². The van der Waals surface area contributed by atoms with Crippen LogP contribution < -0.4 is 35.0 Å². The highest BCUT2D eigenvalue weighted by atomic mass is 79.9. The number of benzene rings is 4. The molecule has 2 aromatic heterocycles. The van der Waals surface area contributed by atoms with Gasteiger partial charge >= 0.3 is 7.12 Å². The van der Waals surface area contributed by atoms with Gasteiger partial charge in [0.05, 0.1) is 14.2 Å². The molecule has 2 fully saturated rings. The molecule has 10 nitrogen and oxygen atoms in total. The lowest BCUT2D eigenvalue weighted by atomic mass is 9.74. The van der Waals surface area contributed by atoms with Gasteiger partial charge in [0.15, 0.2) is 23.0 Å². The number of nitrogens with one attached hydrogen (secondary N) is 2. The topological polar surface area (TPSA) is 127 Å². The summed E-state index contributed by atoms with van der Waals surface area (Å²) < 4.78 is 24.9. The van der Waals surface area contributed by atoms with Crippen molar-refractivity contribution in [2.75, 3.05) is 40.4 Å². The molecule has 60 heavy (non-hydrogen) atoms. The Bertz CT molecular complexity index is 2360. The monoisotopic (exact) mass is 868 g/mol. The van der Waals surface area contributed by atoms with Gasteiger partial charge in [-0.05, 0) is 112 Å². The molecular formula is C48H50BBrN4O6. The molecule has 4 aromatic carbocycles. The van der Waals surface area contributed by atoms with Crippen LogP contribution in [0.5, 0.6) is 34.5 Å². The number of halogens is 1. The quantitative estimate of drug-likeness (QED) is 0.121. The third-order valence-electron chi connectivity index (χ3n) is 11.9. The van der Waals surface area contributed by atoms with Gasteiger partial charge in [-0.15, -0.1) is 0 Å². The second-order valence-electron chi connectivity index (χ2n) is 15.4. The highest BCUT2D eigenvalue weighted by molar-refractivity contribution is 9.10. The van der Waals surface area contributed by atoms with Gasteiger partial charge in [0.1, 0.15) is 11.5 Å². The van der Waals surface area contributed by atoms with Gasteiger partial charge in [0, 0.05) is 74.4 Å². The Morgan fingerprint density at radius 2 is 1.13 bits per heavy atom. The molecule has 308 valence electrons. The molecule has 10 rings (SSSR count). The van der Waals surface area contributed by atoms with Crippen molar-refractivity contribution in [3.63, 3.8) is 0 Å². The zero-order valence-corrected chi connectivity index (χ0v) is 35.5. The van der Waals surface area contributed by atoms with Crippen LogP contribution in [0.25, 0.3) is 11.1 Å². The minimum Gasteiger partial charge on any atom is -0.493 e. The minimum absolute atomic E-state index is 0.332. The Labute approximate surface area is 360 Å². The van der Waals surface area contributed by atoms with E-state index in [4.69, 9.17) is 29.0 Å². The van der Waals surface area contributed by atoms with Crippen LogP contribution in [-0.2, 0) is 0 Å². The third-order valence-corrected chi connectivity index (χ3v) is 12.4. The first-order chi connectivity index (χ1) is 29.4. The van der Waals surface area contributed by atoms with Crippen molar-refractivity contribution in [2.24, 2.45) is 11.8 Å². The number of para-hydroxylation sites is 2. The molecule has 0 aliphatic carbocycles. The molecule has 0 amide bonds. The first-order valence-electron chi connectivity index (χ1n) is 20.6. The first-order valence-corrected chi connectivity index (χ1v) is 21.4. The fraction of sp³-hybridized carbons (Fsp3) is 0.292. The number of rotatable bonds is 6. The molecule has 4 aliphatic rings. The maximum absolute atomic E-state index is 8.54. The van der Waals surface area contributed by atoms with Crippen LogP contribution in [0.3, 0.4) is 0 Å². The van der Waals surface area contributed by atoms with Crippen LogP contribution in [0.2, 0.25) is 0 Å². The van der Waals surface area contributed by atoms with E-state index in [1.807, 2.05) is 24.4 Å². The predicted molar refractivity (Wildman–Crippen MR) is 239 cm³/mol. The molecule has 2 unspecified atom stereocenters. The minimum atomic E-state index is -1.40. The van der Waals surface area contributed by atoms with Crippen LogP contribution in [0.15, 0.2) is 126 Å². The van der Waals surface area contributed by atoms with E-state index in [9.17, 15) is 0 Å². The van der Waals surface area contributed by atoms with E-state index >= 15 is 0 Å². The first kappa shape index (κ1) is 41.5. The van der Waals surface area contributed by atoms with Crippen LogP contribution >= 0.6 is 15.9 Å². The van der Waals surface area contributed by atoms with Crippen LogP contribution in [0.1, 0.15) is 59.8 Å². The van der Waals surface area contributed by atoms with E-state index in [1.165, 1.54) is 54.1 Å². The van der Waals surface area contributed by atoms with Crippen LogP contribution in [0.4, 0.5) is 0 Å². The number of pyridine rings is 2. The number of hydrogen-bond donors (Lipinski definition) is 4. The van der Waals surface area contributed by atoms with Gasteiger partial charge in [0.2, 0.25) is 0 Å². The molecule has 0 saturated carbocycles. The maximum Gasteiger partial charge on any atom is 0.490 e. The lowest BCUT2D eigenvalue weighted by Crippen LogP contribution is -2.32. The summed E-state index contributed by atoms with van der Waals surface area (Å²) in [5.74, 6) is 7.17. The van der Waals surface area contributed by atoms with E-state index in [0.29, 0.717) is 29.1 Å². The number of hydrogen-bond acceptors (Lipinski definition) is 10. The smallest absolute Gasteiger partial charge is 0.490 e. The number of fused-ring (bicyclic) bond motifs is 4. The Morgan fingerprint density at radius 3 is 1.62 bits per heavy atom. The molecule has 0 bridgehead atoms. The zero-order valence-electron chi connectivity index (χ0n) is 33.9. The zero-order chi connectivity index (χ0) is 41.4. The van der Waals surface area contributed by atoms with Crippen molar-refractivity contribution < 1.29 is 29.0 Å². The maximum atomic E-state index is 8.54. The van der Waals surface area contributed by atoms with Crippen molar-refractivity contribution in [1.82, 2.24) is 20.6 Å². The van der Waals surface area contributed by atoms with Gasteiger partial charge in [-0.2, -0.15) is 0 Å². The van der Waals surface area contributed by atoms with Crippen molar-refractivity contribution in [3.05, 3.63) is 149 Å². The molecule has 6 heterocycles. The standard InChI is InChI=1S/C24H24N2O2.C19H20BrNO2.C5H6BNO2/c1-27-21-6-2-5-20-23(16-9-12-25-13-10-16)19-8-7-17(14-22(19)28-24(20)21)18-4-3-11-26-15-18;1-22-16-4-2-3-15-18(12-7-9-21-10-8-12)14-6-5-13(20)11-17(14)23-19(15)16;8-6(9)5-2-1-3-7-4-5/h2-8,11,14-16,23,25H,9-10,12-13H2,1H3;2-6,11-12,18,21H,7-10H2,1H3;1-4,8-9H. The lowest BCUT2D eigenvalue weighted by molar-refractivity contribution is 0.313. The summed E-state index contributed by atoms with van der Waals surface area (Å²) >= 11 is 3.56. The number of nitrogens with zero attached hydrogens (tertiary/aromatic N) is 2. The highest BCUT2D eigenvalue weighted by Crippen LogP contribution is 2.54. The molecule has 6 aromatic rings. The molecule has 2 saturated heterocycles. The van der Waals surface area contributed by atoms with Crippen molar-refractivity contribution in [1.29, 1.82) is 0 Å². The molecule has 0 spiro atoms. The van der Waals surface area contributed by atoms with Gasteiger partial charge < -0.3 is 39.6 Å². The fourth-order valence-electron chi connectivity index (χ4n) is 9.00. The van der Waals surface area contributed by atoms with Gasteiger partial charge in [-0.25, -0.2) is 0 Å². The molecule has 0 radical (unpaired) electrons. The second-order valence-corrected chi connectivity index (χ2v) is 16.3. The molecule has 12 heteroatoms. The SMILES string of the molecule is COc1cccc2c1Oc1cc(-c3cccnc3)ccc1C2C1CCNCC1.COc1cccc2c1Oc1cc(Br)ccc1C2C1CCNCC1.OB(O)c1cccnc1. The van der Waals surface area contributed by atoms with Gasteiger partial charge in [0.25, 0.3) is 0 Å². The summed E-state index contributed by atoms with van der Waals surface area (Å²) in [6, 6.07) is 32.7. The summed E-state index contributed by atoms with van der Waals surface area (Å²) in [5.41, 5.74) is 7.70. The second kappa shape index (κ2) is 19.4. The fourth-order valence-corrected chi connectivity index (χ4v) is 9.34. The van der Waals surface area contributed by atoms with E-state index in [2.05, 4.69) is 103 Å². The van der Waals surface area contributed by atoms with E-state index in [0.717, 1.165) is 76.3 Å². The Morgan fingerprint density at radius 1 is 0.600 bits per heavy atom. The van der Waals surface area contributed by atoms with Gasteiger partial charge in [-0.1, -0.05) is 70.5 Å². The number of ether oxygens (including phenoxy) is 4. The summed E-state index contributed by atoms with van der Waals surface area (Å²) in [5, 5.41) is 24.0. The Balaban J connectivity index is 0.000000140. The summed E-state index contributed by atoms with van der Waals surface area (Å²) in [7, 11) is 2.01. The summed E-state index contributed by atoms with van der Waals surface area (Å²) in [6.07, 6.45) is 11.4.